The van der Waals surface area contributed by atoms with Gasteiger partial charge in [-0.25, -0.2) is 0 Å². The lowest BCUT2D eigenvalue weighted by atomic mass is 9.94. The minimum atomic E-state index is -0.0787. The van der Waals surface area contributed by atoms with Gasteiger partial charge in [-0.15, -0.1) is 0 Å². The molecule has 0 amide bonds. The second-order valence-electron chi connectivity index (χ2n) is 6.23. The predicted molar refractivity (Wildman–Crippen MR) is 87.0 cm³/mol. The van der Waals surface area contributed by atoms with Crippen molar-refractivity contribution in [2.24, 2.45) is 17.8 Å². The lowest BCUT2D eigenvalue weighted by Gasteiger charge is -2.16. The zero-order valence-corrected chi connectivity index (χ0v) is 12.9. The van der Waals surface area contributed by atoms with Gasteiger partial charge in [0.1, 0.15) is 19.0 Å². The number of allylic oxidation sites excluding steroid dienone is 2. The Morgan fingerprint density at radius 3 is 2.87 bits per heavy atom. The number of nitrogens with zero attached hydrogens (tertiary/aromatic N) is 1. The van der Waals surface area contributed by atoms with Gasteiger partial charge in [0.2, 0.25) is 0 Å². The molecule has 3 unspecified atom stereocenters. The average Bonchev–Trinajstić information content (AvgIpc) is 3.22. The maximum atomic E-state index is 12.1. The number of carbonyl (C=O) groups excluding carboxylic acids is 1. The van der Waals surface area contributed by atoms with E-state index in [1.54, 1.807) is 6.20 Å². The maximum absolute atomic E-state index is 12.1. The van der Waals surface area contributed by atoms with Gasteiger partial charge in [0.15, 0.2) is 0 Å². The summed E-state index contributed by atoms with van der Waals surface area (Å²) in [6, 6.07) is 9.67. The first-order valence-electron chi connectivity index (χ1n) is 8.13. The fraction of sp³-hybridized carbons (Fsp3) is 0.368. The van der Waals surface area contributed by atoms with Crippen LogP contribution in [0.3, 0.4) is 0 Å². The summed E-state index contributed by atoms with van der Waals surface area (Å²) in [4.78, 5) is 16.4. The van der Waals surface area contributed by atoms with E-state index in [1.165, 1.54) is 0 Å². The minimum Gasteiger partial charge on any atom is -0.489 e. The molecule has 2 aliphatic rings. The van der Waals surface area contributed by atoms with E-state index < -0.39 is 0 Å². The fourth-order valence-corrected chi connectivity index (χ4v) is 3.65. The van der Waals surface area contributed by atoms with Crippen LogP contribution in [0.2, 0.25) is 0 Å². The molecule has 0 spiro atoms. The molecule has 23 heavy (non-hydrogen) atoms. The molecule has 1 aromatic carbocycles. The maximum Gasteiger partial charge on any atom is 0.309 e. The van der Waals surface area contributed by atoms with Crippen LogP contribution in [0.25, 0.3) is 10.9 Å². The van der Waals surface area contributed by atoms with E-state index in [2.05, 4.69) is 17.1 Å². The molecule has 3 atom stereocenters. The van der Waals surface area contributed by atoms with Crippen molar-refractivity contribution in [1.82, 2.24) is 4.98 Å². The van der Waals surface area contributed by atoms with E-state index in [4.69, 9.17) is 9.47 Å². The van der Waals surface area contributed by atoms with Crippen LogP contribution in [-0.2, 0) is 9.53 Å². The number of aromatic nitrogens is 1. The Kier molecular flexibility index (Phi) is 3.74. The Bertz CT molecular complexity index is 750. The standard InChI is InChI=1S/C19H19NO3/c21-19(16-12-13-5-6-14(16)11-13)23-10-9-22-18-7-8-20-17-4-2-1-3-15(17)18/h1-8,13-14,16H,9-12H2. The van der Waals surface area contributed by atoms with Gasteiger partial charge in [-0.1, -0.05) is 24.3 Å². The molecule has 0 saturated heterocycles. The zero-order valence-electron chi connectivity index (χ0n) is 12.9. The molecule has 0 aliphatic heterocycles. The van der Waals surface area contributed by atoms with Crippen LogP contribution >= 0.6 is 0 Å². The second kappa shape index (κ2) is 6.03. The minimum absolute atomic E-state index is 0.0479. The van der Waals surface area contributed by atoms with Crippen molar-refractivity contribution in [1.29, 1.82) is 0 Å². The molecular weight excluding hydrogens is 290 g/mol. The number of para-hydroxylation sites is 1. The van der Waals surface area contributed by atoms with E-state index in [0.717, 1.165) is 29.5 Å². The van der Waals surface area contributed by atoms with Crippen molar-refractivity contribution in [2.45, 2.75) is 12.8 Å². The zero-order chi connectivity index (χ0) is 15.6. The number of hydrogen-bond donors (Lipinski definition) is 0. The highest BCUT2D eigenvalue weighted by atomic mass is 16.6. The number of esters is 1. The Labute approximate surface area is 135 Å². The SMILES string of the molecule is O=C(OCCOc1ccnc2ccccc12)C1CC2C=CC1C2. The first-order chi connectivity index (χ1) is 11.3. The van der Waals surface area contributed by atoms with Crippen molar-refractivity contribution >= 4 is 16.9 Å². The number of fused-ring (bicyclic) bond motifs is 3. The molecule has 4 rings (SSSR count). The summed E-state index contributed by atoms with van der Waals surface area (Å²) >= 11 is 0. The predicted octanol–water partition coefficient (Wildman–Crippen LogP) is 3.37. The normalized spacial score (nSPS) is 25.0. The summed E-state index contributed by atoms with van der Waals surface area (Å²) in [5, 5.41) is 0.972. The van der Waals surface area contributed by atoms with Gasteiger partial charge in [0.25, 0.3) is 0 Å². The molecular formula is C19H19NO3. The summed E-state index contributed by atoms with van der Waals surface area (Å²) in [7, 11) is 0. The number of benzene rings is 1. The molecule has 4 heteroatoms. The quantitative estimate of drug-likeness (QED) is 0.483. The van der Waals surface area contributed by atoms with Gasteiger partial charge in [-0.2, -0.15) is 0 Å². The molecule has 2 aliphatic carbocycles. The van der Waals surface area contributed by atoms with Crippen molar-refractivity contribution in [3.63, 3.8) is 0 Å². The molecule has 0 N–H and O–H groups in total. The first-order valence-corrected chi connectivity index (χ1v) is 8.13. The molecule has 4 nitrogen and oxygen atoms in total. The highest BCUT2D eigenvalue weighted by molar-refractivity contribution is 5.84. The third-order valence-electron chi connectivity index (χ3n) is 4.78. The van der Waals surface area contributed by atoms with Crippen LogP contribution in [0.5, 0.6) is 5.75 Å². The number of pyridine rings is 1. The molecule has 1 fully saturated rings. The van der Waals surface area contributed by atoms with E-state index in [1.807, 2.05) is 30.3 Å². The summed E-state index contributed by atoms with van der Waals surface area (Å²) in [6.07, 6.45) is 8.17. The molecule has 1 saturated carbocycles. The fourth-order valence-electron chi connectivity index (χ4n) is 3.65. The molecule has 1 heterocycles. The highest BCUT2D eigenvalue weighted by Crippen LogP contribution is 2.43. The van der Waals surface area contributed by atoms with Gasteiger partial charge < -0.3 is 9.47 Å². The van der Waals surface area contributed by atoms with E-state index in [0.29, 0.717) is 18.4 Å². The monoisotopic (exact) mass is 309 g/mol. The van der Waals surface area contributed by atoms with Gasteiger partial charge >= 0.3 is 5.97 Å². The first kappa shape index (κ1) is 14.2. The van der Waals surface area contributed by atoms with Gasteiger partial charge in [-0.3, -0.25) is 9.78 Å². The smallest absolute Gasteiger partial charge is 0.309 e. The third-order valence-corrected chi connectivity index (χ3v) is 4.78. The number of carbonyl (C=O) groups is 1. The van der Waals surface area contributed by atoms with Crippen molar-refractivity contribution in [3.05, 3.63) is 48.7 Å². The van der Waals surface area contributed by atoms with Crippen LogP contribution in [0, 0.1) is 17.8 Å². The topological polar surface area (TPSA) is 48.4 Å². The molecule has 2 bridgehead atoms. The Balaban J connectivity index is 1.30. The van der Waals surface area contributed by atoms with Crippen LogP contribution in [-0.4, -0.2) is 24.2 Å². The van der Waals surface area contributed by atoms with E-state index in [9.17, 15) is 4.79 Å². The number of rotatable bonds is 5. The Morgan fingerprint density at radius 1 is 1.13 bits per heavy atom. The molecule has 0 radical (unpaired) electrons. The lowest BCUT2D eigenvalue weighted by molar-refractivity contribution is -0.150. The van der Waals surface area contributed by atoms with Gasteiger partial charge in [0.05, 0.1) is 11.4 Å². The third kappa shape index (κ3) is 2.81. The number of hydrogen-bond acceptors (Lipinski definition) is 4. The molecule has 118 valence electrons. The average molecular weight is 309 g/mol. The highest BCUT2D eigenvalue weighted by Gasteiger charge is 2.40. The summed E-state index contributed by atoms with van der Waals surface area (Å²) in [5.74, 6) is 1.71. The van der Waals surface area contributed by atoms with Crippen molar-refractivity contribution < 1.29 is 14.3 Å². The molecule has 2 aromatic rings. The van der Waals surface area contributed by atoms with Crippen LogP contribution in [0.1, 0.15) is 12.8 Å². The Hall–Kier alpha value is -2.36. The van der Waals surface area contributed by atoms with E-state index >= 15 is 0 Å². The van der Waals surface area contributed by atoms with Crippen molar-refractivity contribution in [2.75, 3.05) is 13.2 Å². The van der Waals surface area contributed by atoms with Gasteiger partial charge in [0, 0.05) is 11.6 Å². The summed E-state index contributed by atoms with van der Waals surface area (Å²) in [6.45, 7) is 0.642. The van der Waals surface area contributed by atoms with Crippen molar-refractivity contribution in [3.8, 4) is 5.75 Å². The summed E-state index contributed by atoms with van der Waals surface area (Å²) in [5.41, 5.74) is 0.899. The Morgan fingerprint density at radius 2 is 2.04 bits per heavy atom. The molecule has 1 aromatic heterocycles. The summed E-state index contributed by atoms with van der Waals surface area (Å²) < 4.78 is 11.2. The lowest BCUT2D eigenvalue weighted by Crippen LogP contribution is -2.23. The van der Waals surface area contributed by atoms with Crippen LogP contribution in [0.15, 0.2) is 48.7 Å². The van der Waals surface area contributed by atoms with E-state index in [-0.39, 0.29) is 18.5 Å². The van der Waals surface area contributed by atoms with Crippen LogP contribution < -0.4 is 4.74 Å². The van der Waals surface area contributed by atoms with Crippen LogP contribution in [0.4, 0.5) is 0 Å². The van der Waals surface area contributed by atoms with Gasteiger partial charge in [-0.05, 0) is 42.9 Å². The largest absolute Gasteiger partial charge is 0.489 e. The second-order valence-corrected chi connectivity index (χ2v) is 6.23. The number of ether oxygens (including phenoxy) is 2.